The van der Waals surface area contributed by atoms with E-state index in [9.17, 15) is 25.5 Å². The third-order valence-electron chi connectivity index (χ3n) is 13.9. The molecule has 0 aromatic heterocycles. The van der Waals surface area contributed by atoms with Gasteiger partial charge in [-0.05, 0) is 83.8 Å². The van der Waals surface area contributed by atoms with Crippen molar-refractivity contribution in [2.45, 2.75) is 117 Å². The van der Waals surface area contributed by atoms with Gasteiger partial charge in [0, 0.05) is 40.9 Å². The van der Waals surface area contributed by atoms with Crippen molar-refractivity contribution >= 4 is 0 Å². The molecule has 2 saturated heterocycles. The fraction of sp³-hybridized carbons (Fsp3) is 0.632. The van der Waals surface area contributed by atoms with Gasteiger partial charge in [0.05, 0.1) is 35.7 Å². The number of hydrogen-bond donors (Lipinski definition) is 5. The predicted octanol–water partition coefficient (Wildman–Crippen LogP) is 1.47. The molecule has 4 heterocycles. The predicted molar refractivity (Wildman–Crippen MR) is 176 cm³/mol. The highest BCUT2D eigenvalue weighted by Gasteiger charge is 2.73. The van der Waals surface area contributed by atoms with Gasteiger partial charge in [0.25, 0.3) is 0 Å². The van der Waals surface area contributed by atoms with Crippen molar-refractivity contribution < 1.29 is 39.7 Å². The summed E-state index contributed by atoms with van der Waals surface area (Å²) in [6, 6.07) is 8.17. The second-order valence-corrected chi connectivity index (χ2v) is 15.5. The molecule has 2 aromatic carbocycles. The van der Waals surface area contributed by atoms with Crippen LogP contribution in [-0.2, 0) is 41.6 Å². The summed E-state index contributed by atoms with van der Waals surface area (Å²) >= 11 is 0. The summed E-state index contributed by atoms with van der Waals surface area (Å²) in [6.07, 6.45) is 6.92. The zero-order valence-corrected chi connectivity index (χ0v) is 28.1. The molecule has 10 heteroatoms. The number of ether oxygens (including phenoxy) is 3. The van der Waals surface area contributed by atoms with Crippen LogP contribution in [0.1, 0.15) is 66.0 Å². The third-order valence-corrected chi connectivity index (χ3v) is 13.9. The van der Waals surface area contributed by atoms with Gasteiger partial charge in [-0.15, -0.1) is 0 Å². The van der Waals surface area contributed by atoms with Crippen molar-refractivity contribution in [3.63, 3.8) is 0 Å². The number of nitrogens with zero attached hydrogens (tertiary/aromatic N) is 2. The van der Waals surface area contributed by atoms with E-state index in [1.54, 1.807) is 0 Å². The molecule has 4 aliphatic carbocycles. The van der Waals surface area contributed by atoms with E-state index < -0.39 is 34.2 Å². The molecule has 0 radical (unpaired) electrons. The molecule has 5 N–H and O–H groups in total. The molecule has 4 bridgehead atoms. The summed E-state index contributed by atoms with van der Waals surface area (Å²) in [7, 11) is 4.18. The SMILES string of the molecule is CCO[C@H]1C=C[C@@]2(O)C3Cc4ccc(CO)c5c4[C@@]2(CCN3C)C1O5.CN1CC[C@]23c4c5ccc(CO)c4OC2[C@@H](O)CC[C@@]3(O)C1C5. The van der Waals surface area contributed by atoms with Gasteiger partial charge in [0.2, 0.25) is 0 Å². The number of benzene rings is 2. The van der Waals surface area contributed by atoms with E-state index in [0.717, 1.165) is 72.5 Å². The maximum atomic E-state index is 11.9. The highest BCUT2D eigenvalue weighted by atomic mass is 16.5. The van der Waals surface area contributed by atoms with Crippen molar-refractivity contribution in [3.8, 4) is 11.5 Å². The van der Waals surface area contributed by atoms with Crippen LogP contribution in [0.4, 0.5) is 0 Å². The van der Waals surface area contributed by atoms with Crippen molar-refractivity contribution in [1.29, 1.82) is 0 Å². The first-order valence-corrected chi connectivity index (χ1v) is 17.8. The van der Waals surface area contributed by atoms with E-state index in [4.69, 9.17) is 14.2 Å². The van der Waals surface area contributed by atoms with E-state index in [1.165, 1.54) is 11.1 Å². The Balaban J connectivity index is 0.000000131. The van der Waals surface area contributed by atoms with E-state index in [1.807, 2.05) is 31.2 Å². The Bertz CT molecular complexity index is 1700. The normalized spacial score (nSPS) is 42.2. The van der Waals surface area contributed by atoms with Crippen LogP contribution in [0.2, 0.25) is 0 Å². The number of piperidine rings is 2. The first-order chi connectivity index (χ1) is 23.1. The average Bonchev–Trinajstić information content (AvgIpc) is 3.62. The Kier molecular flexibility index (Phi) is 6.87. The molecule has 1 saturated carbocycles. The lowest BCUT2D eigenvalue weighted by molar-refractivity contribution is -0.204. The van der Waals surface area contributed by atoms with Crippen LogP contribution in [0.5, 0.6) is 11.5 Å². The van der Waals surface area contributed by atoms with E-state index in [0.29, 0.717) is 19.4 Å². The molecule has 10 rings (SSSR count). The van der Waals surface area contributed by atoms with E-state index >= 15 is 0 Å². The van der Waals surface area contributed by atoms with Crippen LogP contribution in [0.3, 0.4) is 0 Å². The smallest absolute Gasteiger partial charge is 0.141 e. The Morgan fingerprint density at radius 1 is 0.812 bits per heavy atom. The zero-order chi connectivity index (χ0) is 33.4. The lowest BCUT2D eigenvalue weighted by Gasteiger charge is -2.63. The monoisotopic (exact) mass is 660 g/mol. The lowest BCUT2D eigenvalue weighted by atomic mass is 9.48. The maximum Gasteiger partial charge on any atom is 0.141 e. The quantitative estimate of drug-likeness (QED) is 0.307. The van der Waals surface area contributed by atoms with Crippen LogP contribution in [-0.4, -0.2) is 117 Å². The van der Waals surface area contributed by atoms with Crippen molar-refractivity contribution in [3.05, 3.63) is 69.8 Å². The van der Waals surface area contributed by atoms with E-state index in [2.05, 4.69) is 36.0 Å². The lowest BCUT2D eigenvalue weighted by Crippen LogP contribution is -2.76. The largest absolute Gasteiger partial charge is 0.486 e. The van der Waals surface area contributed by atoms with Gasteiger partial charge in [-0.1, -0.05) is 36.4 Å². The van der Waals surface area contributed by atoms with Crippen molar-refractivity contribution in [2.75, 3.05) is 33.8 Å². The topological polar surface area (TPSA) is 135 Å². The van der Waals surface area contributed by atoms with Gasteiger partial charge in [0.1, 0.15) is 35.4 Å². The van der Waals surface area contributed by atoms with Gasteiger partial charge >= 0.3 is 0 Å². The fourth-order valence-electron chi connectivity index (χ4n) is 11.7. The number of likely N-dealkylation sites (tertiary alicyclic amines) is 2. The van der Waals surface area contributed by atoms with Gasteiger partial charge < -0.3 is 44.6 Å². The molecule has 48 heavy (non-hydrogen) atoms. The zero-order valence-electron chi connectivity index (χ0n) is 28.1. The Hall–Kier alpha value is -2.54. The van der Waals surface area contributed by atoms with Crippen molar-refractivity contribution in [1.82, 2.24) is 9.80 Å². The molecule has 2 spiro atoms. The third kappa shape index (κ3) is 3.55. The molecular formula is C38H48N2O8. The van der Waals surface area contributed by atoms with E-state index in [-0.39, 0.29) is 37.5 Å². The number of rotatable bonds is 4. The van der Waals surface area contributed by atoms with Gasteiger partial charge in [-0.2, -0.15) is 0 Å². The summed E-state index contributed by atoms with van der Waals surface area (Å²) in [5, 5.41) is 53.8. The fourth-order valence-corrected chi connectivity index (χ4v) is 11.7. The molecule has 2 aromatic rings. The molecule has 8 aliphatic rings. The Morgan fingerprint density at radius 3 is 2.04 bits per heavy atom. The first kappa shape index (κ1) is 31.4. The second-order valence-electron chi connectivity index (χ2n) is 15.5. The Morgan fingerprint density at radius 2 is 1.40 bits per heavy atom. The standard InChI is InChI=1S/C20H25NO4.C18H23NO4/c1-3-24-14-6-7-20(23)15-10-12-4-5-13(11-22)17-16(12)19(20,18(14)25-17)8-9-21(15)2;1-19-7-6-17-14-10-2-3-11(9-20)15(14)23-16(17)12(21)4-5-18(17,22)13(19)8-10/h4-7,14-15,18,22-23H,3,8-11H2,1-2H3;2-3,12-13,16,20-22H,4-9H2,1H3/t14-,15?,18?,19-,20+;12-,13?,16?,17-,18+/m00/s1. The first-order valence-electron chi connectivity index (χ1n) is 17.8. The number of aliphatic hydroxyl groups excluding tert-OH is 3. The Labute approximate surface area is 281 Å². The molecule has 10 nitrogen and oxygen atoms in total. The summed E-state index contributed by atoms with van der Waals surface area (Å²) in [5.74, 6) is 1.50. The minimum atomic E-state index is -0.968. The highest BCUT2D eigenvalue weighted by Crippen LogP contribution is 2.65. The molecule has 4 unspecified atom stereocenters. The van der Waals surface area contributed by atoms with Crippen LogP contribution < -0.4 is 9.47 Å². The molecule has 4 aliphatic heterocycles. The molecule has 10 atom stereocenters. The van der Waals surface area contributed by atoms with Gasteiger partial charge in [0.15, 0.2) is 0 Å². The van der Waals surface area contributed by atoms with Crippen molar-refractivity contribution in [2.24, 2.45) is 0 Å². The summed E-state index contributed by atoms with van der Waals surface area (Å²) in [5.41, 5.74) is 3.34. The molecule has 3 fully saturated rings. The highest BCUT2D eigenvalue weighted by molar-refractivity contribution is 5.63. The van der Waals surface area contributed by atoms with Crippen LogP contribution in [0, 0.1) is 0 Å². The maximum absolute atomic E-state index is 11.9. The number of likely N-dealkylation sites (N-methyl/N-ethyl adjacent to an activating group) is 2. The molecule has 258 valence electrons. The number of aliphatic hydroxyl groups is 5. The molecule has 0 amide bonds. The second kappa shape index (κ2) is 10.5. The van der Waals surface area contributed by atoms with Gasteiger partial charge in [-0.25, -0.2) is 0 Å². The van der Waals surface area contributed by atoms with Gasteiger partial charge in [-0.3, -0.25) is 4.90 Å². The molecular weight excluding hydrogens is 612 g/mol. The minimum absolute atomic E-state index is 0.0320. The average molecular weight is 661 g/mol. The van der Waals surface area contributed by atoms with Crippen LogP contribution >= 0.6 is 0 Å². The number of hydrogen-bond acceptors (Lipinski definition) is 10. The minimum Gasteiger partial charge on any atom is -0.486 e. The van der Waals surface area contributed by atoms with Crippen LogP contribution in [0.15, 0.2) is 36.4 Å². The summed E-state index contributed by atoms with van der Waals surface area (Å²) in [6.45, 7) is 4.26. The summed E-state index contributed by atoms with van der Waals surface area (Å²) < 4.78 is 18.6. The van der Waals surface area contributed by atoms with Crippen LogP contribution in [0.25, 0.3) is 0 Å². The summed E-state index contributed by atoms with van der Waals surface area (Å²) in [4.78, 5) is 4.54.